The molecular weight excluding hydrogens is 359 g/mol. The van der Waals surface area contributed by atoms with Gasteiger partial charge in [-0.2, -0.15) is 0 Å². The van der Waals surface area contributed by atoms with Crippen LogP contribution < -0.4 is 4.74 Å². The third-order valence-electron chi connectivity index (χ3n) is 3.38. The SMILES string of the molecule is CC(C)=CCOc1ccc(C(=O)/C=C/c2c(Cl)cccc2Cl)c(O)c1. The molecule has 0 radical (unpaired) electrons. The molecule has 0 bridgehead atoms. The average molecular weight is 377 g/mol. The fraction of sp³-hybridized carbons (Fsp3) is 0.150. The monoisotopic (exact) mass is 376 g/mol. The number of carbonyl (C=O) groups is 1. The summed E-state index contributed by atoms with van der Waals surface area (Å²) < 4.78 is 5.49. The summed E-state index contributed by atoms with van der Waals surface area (Å²) in [5.41, 5.74) is 1.87. The second-order valence-corrected chi connectivity index (χ2v) is 6.42. The van der Waals surface area contributed by atoms with E-state index in [1.54, 1.807) is 24.3 Å². The minimum atomic E-state index is -0.357. The molecule has 2 rings (SSSR count). The Kier molecular flexibility index (Phi) is 6.68. The van der Waals surface area contributed by atoms with Crippen molar-refractivity contribution < 1.29 is 14.6 Å². The van der Waals surface area contributed by atoms with Crippen molar-refractivity contribution in [2.75, 3.05) is 6.61 Å². The second-order valence-electron chi connectivity index (χ2n) is 5.60. The summed E-state index contributed by atoms with van der Waals surface area (Å²) in [6, 6.07) is 9.68. The zero-order chi connectivity index (χ0) is 18.4. The van der Waals surface area contributed by atoms with E-state index in [1.165, 1.54) is 24.3 Å². The number of allylic oxidation sites excluding steroid dienone is 2. The van der Waals surface area contributed by atoms with Crippen molar-refractivity contribution in [3.05, 3.63) is 75.3 Å². The number of phenols is 1. The van der Waals surface area contributed by atoms with Gasteiger partial charge in [0.2, 0.25) is 0 Å². The number of ketones is 1. The van der Waals surface area contributed by atoms with Crippen LogP contribution in [-0.4, -0.2) is 17.5 Å². The van der Waals surface area contributed by atoms with Crippen molar-refractivity contribution in [2.45, 2.75) is 13.8 Å². The maximum atomic E-state index is 12.3. The van der Waals surface area contributed by atoms with Crippen LogP contribution in [0.2, 0.25) is 10.0 Å². The van der Waals surface area contributed by atoms with Gasteiger partial charge in [-0.25, -0.2) is 0 Å². The molecular formula is C20H18Cl2O3. The van der Waals surface area contributed by atoms with Crippen LogP contribution in [0.1, 0.15) is 29.8 Å². The maximum absolute atomic E-state index is 12.3. The number of ether oxygens (including phenoxy) is 1. The van der Waals surface area contributed by atoms with Gasteiger partial charge in [-0.1, -0.05) is 34.8 Å². The first-order chi connectivity index (χ1) is 11.9. The van der Waals surface area contributed by atoms with Crippen molar-refractivity contribution in [3.63, 3.8) is 0 Å². The van der Waals surface area contributed by atoms with E-state index in [1.807, 2.05) is 19.9 Å². The van der Waals surface area contributed by atoms with Crippen molar-refractivity contribution >= 4 is 35.1 Å². The van der Waals surface area contributed by atoms with E-state index in [9.17, 15) is 9.90 Å². The van der Waals surface area contributed by atoms with E-state index in [-0.39, 0.29) is 17.1 Å². The third kappa shape index (κ3) is 5.38. The van der Waals surface area contributed by atoms with Crippen molar-refractivity contribution in [1.29, 1.82) is 0 Å². The van der Waals surface area contributed by atoms with Gasteiger partial charge in [0.1, 0.15) is 18.1 Å². The van der Waals surface area contributed by atoms with Gasteiger partial charge in [-0.15, -0.1) is 0 Å². The molecule has 0 heterocycles. The molecule has 25 heavy (non-hydrogen) atoms. The van der Waals surface area contributed by atoms with Crippen LogP contribution in [0.3, 0.4) is 0 Å². The zero-order valence-corrected chi connectivity index (χ0v) is 15.4. The fourth-order valence-corrected chi connectivity index (χ4v) is 2.56. The highest BCUT2D eigenvalue weighted by Crippen LogP contribution is 2.27. The van der Waals surface area contributed by atoms with Gasteiger partial charge in [-0.05, 0) is 56.3 Å². The summed E-state index contributed by atoms with van der Waals surface area (Å²) in [6.07, 6.45) is 4.78. The Balaban J connectivity index is 2.14. The van der Waals surface area contributed by atoms with E-state index in [2.05, 4.69) is 0 Å². The van der Waals surface area contributed by atoms with Gasteiger partial charge in [0, 0.05) is 21.7 Å². The van der Waals surface area contributed by atoms with E-state index in [0.717, 1.165) is 5.57 Å². The molecule has 0 atom stereocenters. The standard InChI is InChI=1S/C20H18Cl2O3/c1-13(2)10-11-25-14-6-7-16(20(24)12-14)19(23)9-8-15-17(21)4-3-5-18(15)22/h3-10,12,24H,11H2,1-2H3/b9-8+. The molecule has 0 spiro atoms. The Morgan fingerprint density at radius 2 is 1.84 bits per heavy atom. The van der Waals surface area contributed by atoms with Gasteiger partial charge in [0.05, 0.1) is 5.56 Å². The van der Waals surface area contributed by atoms with E-state index in [0.29, 0.717) is 28.0 Å². The predicted molar refractivity (Wildman–Crippen MR) is 103 cm³/mol. The normalized spacial score (nSPS) is 10.7. The van der Waals surface area contributed by atoms with Gasteiger partial charge < -0.3 is 9.84 Å². The number of hydrogen-bond acceptors (Lipinski definition) is 3. The number of benzene rings is 2. The molecule has 0 aliphatic heterocycles. The Bertz CT molecular complexity index is 815. The molecule has 0 aliphatic carbocycles. The van der Waals surface area contributed by atoms with Crippen LogP contribution >= 0.6 is 23.2 Å². The van der Waals surface area contributed by atoms with Gasteiger partial charge >= 0.3 is 0 Å². The molecule has 0 aliphatic rings. The molecule has 0 saturated carbocycles. The summed E-state index contributed by atoms with van der Waals surface area (Å²) in [4.78, 5) is 12.3. The predicted octanol–water partition coefficient (Wildman–Crippen LogP) is 5.94. The maximum Gasteiger partial charge on any atom is 0.189 e. The van der Waals surface area contributed by atoms with Crippen LogP contribution in [0, 0.1) is 0 Å². The number of rotatable bonds is 6. The van der Waals surface area contributed by atoms with Crippen molar-refractivity contribution in [1.82, 2.24) is 0 Å². The lowest BCUT2D eigenvalue weighted by atomic mass is 10.1. The highest BCUT2D eigenvalue weighted by Gasteiger charge is 2.10. The summed E-state index contributed by atoms with van der Waals surface area (Å²) >= 11 is 12.1. The summed E-state index contributed by atoms with van der Waals surface area (Å²) in [5, 5.41) is 11.0. The number of halogens is 2. The highest BCUT2D eigenvalue weighted by molar-refractivity contribution is 6.37. The fourth-order valence-electron chi connectivity index (χ4n) is 2.03. The van der Waals surface area contributed by atoms with Crippen LogP contribution in [0.15, 0.2) is 54.1 Å². The number of hydrogen-bond donors (Lipinski definition) is 1. The summed E-state index contributed by atoms with van der Waals surface area (Å²) in [5.74, 6) is -0.0105. The minimum absolute atomic E-state index is 0.144. The summed E-state index contributed by atoms with van der Waals surface area (Å²) in [7, 11) is 0. The van der Waals surface area contributed by atoms with Crippen LogP contribution in [-0.2, 0) is 0 Å². The Hall–Kier alpha value is -2.23. The van der Waals surface area contributed by atoms with Crippen molar-refractivity contribution in [3.8, 4) is 11.5 Å². The third-order valence-corrected chi connectivity index (χ3v) is 4.04. The molecule has 0 unspecified atom stereocenters. The highest BCUT2D eigenvalue weighted by atomic mass is 35.5. The first kappa shape index (κ1) is 19.1. The number of aromatic hydroxyl groups is 1. The zero-order valence-electron chi connectivity index (χ0n) is 13.9. The molecule has 130 valence electrons. The Labute approximate surface area is 157 Å². The first-order valence-electron chi connectivity index (χ1n) is 7.64. The molecule has 0 amide bonds. The molecule has 5 heteroatoms. The van der Waals surface area contributed by atoms with E-state index in [4.69, 9.17) is 27.9 Å². The molecule has 0 aromatic heterocycles. The molecule has 3 nitrogen and oxygen atoms in total. The number of phenolic OH excluding ortho intramolecular Hbond substituents is 1. The molecule has 2 aromatic rings. The molecule has 1 N–H and O–H groups in total. The lowest BCUT2D eigenvalue weighted by Gasteiger charge is -2.07. The Morgan fingerprint density at radius 3 is 2.44 bits per heavy atom. The van der Waals surface area contributed by atoms with Crippen LogP contribution in [0.5, 0.6) is 11.5 Å². The van der Waals surface area contributed by atoms with Crippen molar-refractivity contribution in [2.24, 2.45) is 0 Å². The lowest BCUT2D eigenvalue weighted by Crippen LogP contribution is -1.98. The van der Waals surface area contributed by atoms with E-state index < -0.39 is 0 Å². The average Bonchev–Trinajstić information content (AvgIpc) is 2.54. The topological polar surface area (TPSA) is 46.5 Å². The van der Waals surface area contributed by atoms with Gasteiger partial charge in [0.25, 0.3) is 0 Å². The van der Waals surface area contributed by atoms with Crippen LogP contribution in [0.4, 0.5) is 0 Å². The van der Waals surface area contributed by atoms with E-state index >= 15 is 0 Å². The van der Waals surface area contributed by atoms with Crippen LogP contribution in [0.25, 0.3) is 6.08 Å². The molecule has 0 fully saturated rings. The smallest absolute Gasteiger partial charge is 0.189 e. The summed E-state index contributed by atoms with van der Waals surface area (Å²) in [6.45, 7) is 4.35. The number of carbonyl (C=O) groups excluding carboxylic acids is 1. The second kappa shape index (κ2) is 8.75. The minimum Gasteiger partial charge on any atom is -0.507 e. The quantitative estimate of drug-likeness (QED) is 0.385. The molecule has 0 saturated heterocycles. The Morgan fingerprint density at radius 1 is 1.16 bits per heavy atom. The van der Waals surface area contributed by atoms with Gasteiger partial charge in [-0.3, -0.25) is 4.79 Å². The lowest BCUT2D eigenvalue weighted by molar-refractivity contribution is 0.104. The first-order valence-corrected chi connectivity index (χ1v) is 8.39. The molecule has 2 aromatic carbocycles. The van der Waals surface area contributed by atoms with Gasteiger partial charge in [0.15, 0.2) is 5.78 Å². The largest absolute Gasteiger partial charge is 0.507 e.